The van der Waals surface area contributed by atoms with Gasteiger partial charge in [0.2, 0.25) is 10.0 Å². The number of nitrogens with zero attached hydrogens (tertiary/aromatic N) is 5. The fourth-order valence-electron chi connectivity index (χ4n) is 5.21. The molecule has 2 bridgehead atoms. The lowest BCUT2D eigenvalue weighted by Gasteiger charge is -2.33. The summed E-state index contributed by atoms with van der Waals surface area (Å²) < 4.78 is 69.9. The van der Waals surface area contributed by atoms with Crippen molar-refractivity contribution in [1.82, 2.24) is 19.2 Å². The van der Waals surface area contributed by atoms with Crippen molar-refractivity contribution in [3.63, 3.8) is 0 Å². The van der Waals surface area contributed by atoms with Crippen LogP contribution in [0.2, 0.25) is 0 Å². The maximum Gasteiger partial charge on any atom is 0.280 e. The molecule has 4 heterocycles. The van der Waals surface area contributed by atoms with Crippen molar-refractivity contribution in [1.29, 1.82) is 0 Å². The summed E-state index contributed by atoms with van der Waals surface area (Å²) in [5.41, 5.74) is -0.271. The van der Waals surface area contributed by atoms with E-state index in [1.54, 1.807) is 9.47 Å². The molecule has 2 aliphatic rings. The summed E-state index contributed by atoms with van der Waals surface area (Å²) in [5.74, 6) is -2.93. The van der Waals surface area contributed by atoms with E-state index in [1.165, 1.54) is 14.2 Å². The number of carbonyl (C=O) groups is 1. The lowest BCUT2D eigenvalue weighted by Crippen LogP contribution is -2.42. The molecule has 11 nitrogen and oxygen atoms in total. The predicted molar refractivity (Wildman–Crippen MR) is 139 cm³/mol. The minimum atomic E-state index is -3.92. The molecule has 3 aromatic rings. The van der Waals surface area contributed by atoms with E-state index in [-0.39, 0.29) is 76.8 Å². The first-order valence-electron chi connectivity index (χ1n) is 12.6. The summed E-state index contributed by atoms with van der Waals surface area (Å²) in [6.07, 6.45) is 0.559. The van der Waals surface area contributed by atoms with Gasteiger partial charge in [-0.1, -0.05) is 0 Å². The number of hydrogen-bond donors (Lipinski definition) is 0. The minimum absolute atomic E-state index is 0.000672. The Bertz CT molecular complexity index is 1650. The normalized spacial score (nSPS) is 19.4. The average molecular weight is 566 g/mol. The summed E-state index contributed by atoms with van der Waals surface area (Å²) in [6, 6.07) is 1.49. The molecule has 2 aromatic heterocycles. The zero-order chi connectivity index (χ0) is 28.2. The summed E-state index contributed by atoms with van der Waals surface area (Å²) in [4.78, 5) is 29.0. The number of rotatable bonds is 2. The highest BCUT2D eigenvalue weighted by atomic mass is 32.2. The van der Waals surface area contributed by atoms with E-state index in [2.05, 4.69) is 5.10 Å². The zero-order valence-corrected chi connectivity index (χ0v) is 22.8. The third kappa shape index (κ3) is 4.30. The van der Waals surface area contributed by atoms with Gasteiger partial charge in [0.1, 0.15) is 16.7 Å². The fraction of sp³-hybridized carbons (Fsp3) is 0.480. The van der Waals surface area contributed by atoms with Gasteiger partial charge in [0.15, 0.2) is 28.9 Å². The van der Waals surface area contributed by atoms with Crippen molar-refractivity contribution in [2.75, 3.05) is 43.9 Å². The first-order valence-corrected chi connectivity index (χ1v) is 14.2. The minimum Gasteiger partial charge on any atom is -0.493 e. The van der Waals surface area contributed by atoms with E-state index in [4.69, 9.17) is 9.47 Å². The number of hydrogen-bond acceptors (Lipinski definition) is 7. The van der Waals surface area contributed by atoms with Crippen LogP contribution < -0.4 is 19.3 Å². The number of benzene rings is 1. The second kappa shape index (κ2) is 9.81. The van der Waals surface area contributed by atoms with Crippen LogP contribution in [0.5, 0.6) is 11.5 Å². The van der Waals surface area contributed by atoms with Crippen LogP contribution in [0.3, 0.4) is 0 Å². The number of aromatic nitrogens is 3. The molecule has 2 aliphatic heterocycles. The van der Waals surface area contributed by atoms with Gasteiger partial charge < -0.3 is 18.9 Å². The summed E-state index contributed by atoms with van der Waals surface area (Å²) in [5, 5.41) is 4.39. The molecular weight excluding hydrogens is 536 g/mol. The highest BCUT2D eigenvalue weighted by molar-refractivity contribution is 7.92. The molecule has 0 aliphatic carbocycles. The molecule has 39 heavy (non-hydrogen) atoms. The summed E-state index contributed by atoms with van der Waals surface area (Å²) in [6.45, 7) is 4.17. The second-order valence-electron chi connectivity index (χ2n) is 9.67. The number of methoxy groups -OCH3 is 1. The van der Waals surface area contributed by atoms with Crippen molar-refractivity contribution >= 4 is 32.7 Å². The highest BCUT2D eigenvalue weighted by Gasteiger charge is 2.39. The van der Waals surface area contributed by atoms with Crippen molar-refractivity contribution < 1.29 is 31.5 Å². The maximum atomic E-state index is 14.3. The van der Waals surface area contributed by atoms with Gasteiger partial charge in [0, 0.05) is 37.8 Å². The van der Waals surface area contributed by atoms with Crippen molar-refractivity contribution in [2.24, 2.45) is 0 Å². The largest absolute Gasteiger partial charge is 0.493 e. The van der Waals surface area contributed by atoms with Gasteiger partial charge in [0.25, 0.3) is 11.5 Å². The summed E-state index contributed by atoms with van der Waals surface area (Å²) in [7, 11) is -1.26. The molecular formula is C25H29F2N5O6S. The van der Waals surface area contributed by atoms with E-state index in [0.29, 0.717) is 19.5 Å². The average Bonchev–Trinajstić information content (AvgIpc) is 3.25. The predicted octanol–water partition coefficient (Wildman–Crippen LogP) is 2.51. The number of carbonyl (C=O) groups excluding carboxylic acids is 1. The molecule has 0 saturated carbocycles. The second-order valence-corrected chi connectivity index (χ2v) is 11.8. The van der Waals surface area contributed by atoms with Crippen molar-refractivity contribution in [3.05, 3.63) is 45.4 Å². The molecule has 0 fully saturated rings. The molecule has 0 radical (unpaired) electrons. The number of likely N-dealkylation sites (N-methyl/N-ethyl adjacent to an activating group) is 1. The highest BCUT2D eigenvalue weighted by Crippen LogP contribution is 2.41. The Hall–Kier alpha value is -3.68. The van der Waals surface area contributed by atoms with Crippen molar-refractivity contribution in [2.45, 2.75) is 39.3 Å². The number of sulfonamides is 1. The molecule has 0 saturated heterocycles. The van der Waals surface area contributed by atoms with Gasteiger partial charge in [-0.05, 0) is 32.8 Å². The monoisotopic (exact) mass is 565 g/mol. The van der Waals surface area contributed by atoms with Crippen molar-refractivity contribution in [3.8, 4) is 11.5 Å². The topological polar surface area (TPSA) is 116 Å². The SMILES string of the molecule is CCN1CC(C)n2c(c(OC)c3c(=O)n4nc(c32)N(C)S(=O)(=O)CCCCOc2cc(F)c(F)cc2C4)C1=O. The Balaban J connectivity index is 1.88. The van der Waals surface area contributed by atoms with Crippen LogP contribution in [0, 0.1) is 11.6 Å². The standard InChI is InChI=1S/C25H29F2N5O6S/c1-5-30-12-14(2)32-20-19(22(37-4)21(32)25(30)34)24(33)31-13-15-10-16(26)17(27)11-18(15)38-8-6-7-9-39(35,36)29(3)23(20)28-31/h10-11,14H,5-9,12-13H2,1-4H3. The first kappa shape index (κ1) is 26.9. The Morgan fingerprint density at radius 2 is 1.90 bits per heavy atom. The molecule has 1 atom stereocenters. The van der Waals surface area contributed by atoms with Crippen LogP contribution in [0.25, 0.3) is 10.9 Å². The van der Waals surface area contributed by atoms with Crippen LogP contribution in [0.15, 0.2) is 16.9 Å². The Morgan fingerprint density at radius 1 is 1.18 bits per heavy atom. The van der Waals surface area contributed by atoms with Crippen LogP contribution in [0.4, 0.5) is 14.6 Å². The van der Waals surface area contributed by atoms with Gasteiger partial charge in [-0.2, -0.15) is 0 Å². The smallest absolute Gasteiger partial charge is 0.280 e. The third-order valence-electron chi connectivity index (χ3n) is 7.23. The number of ether oxygens (including phenoxy) is 2. The molecule has 1 aromatic carbocycles. The lowest BCUT2D eigenvalue weighted by molar-refractivity contribution is 0.0685. The van der Waals surface area contributed by atoms with Crippen LogP contribution in [-0.4, -0.2) is 73.2 Å². The Labute approximate surface area is 223 Å². The van der Waals surface area contributed by atoms with Crippen LogP contribution >= 0.6 is 0 Å². The Kier molecular flexibility index (Phi) is 6.77. The molecule has 210 valence electrons. The lowest BCUT2D eigenvalue weighted by atomic mass is 10.1. The third-order valence-corrected chi connectivity index (χ3v) is 9.04. The van der Waals surface area contributed by atoms with Gasteiger partial charge in [-0.25, -0.2) is 21.9 Å². The molecule has 14 heteroatoms. The quantitative estimate of drug-likeness (QED) is 0.469. The van der Waals surface area contributed by atoms with E-state index >= 15 is 0 Å². The maximum absolute atomic E-state index is 14.3. The molecule has 1 amide bonds. The molecule has 1 unspecified atom stereocenters. The summed E-state index contributed by atoms with van der Waals surface area (Å²) >= 11 is 0. The van der Waals surface area contributed by atoms with Gasteiger partial charge in [0.05, 0.1) is 26.0 Å². The van der Waals surface area contributed by atoms with E-state index < -0.39 is 27.2 Å². The fourth-order valence-corrected chi connectivity index (χ4v) is 6.44. The molecule has 0 spiro atoms. The molecule has 0 N–H and O–H groups in total. The molecule has 5 rings (SSSR count). The number of anilines is 1. The number of amides is 1. The van der Waals surface area contributed by atoms with Gasteiger partial charge >= 0.3 is 0 Å². The van der Waals surface area contributed by atoms with E-state index in [0.717, 1.165) is 21.1 Å². The van der Waals surface area contributed by atoms with Gasteiger partial charge in [-0.3, -0.25) is 13.9 Å². The van der Waals surface area contributed by atoms with Crippen LogP contribution in [0.1, 0.15) is 48.8 Å². The Morgan fingerprint density at radius 3 is 2.59 bits per heavy atom. The zero-order valence-electron chi connectivity index (χ0n) is 22.0. The van der Waals surface area contributed by atoms with Gasteiger partial charge in [-0.15, -0.1) is 5.10 Å². The first-order chi connectivity index (χ1) is 18.5. The number of fused-ring (bicyclic) bond motifs is 7. The van der Waals surface area contributed by atoms with E-state index in [9.17, 15) is 26.8 Å². The van der Waals surface area contributed by atoms with Crippen LogP contribution in [-0.2, 0) is 16.6 Å². The number of halogens is 2. The van der Waals surface area contributed by atoms with E-state index in [1.807, 2.05) is 13.8 Å².